The van der Waals surface area contributed by atoms with E-state index >= 15 is 0 Å². The molecule has 2 aliphatic rings. The van der Waals surface area contributed by atoms with E-state index in [1.807, 2.05) is 0 Å². The zero-order chi connectivity index (χ0) is 43.6. The molecule has 0 saturated heterocycles. The number of nitrogens with zero attached hydrogens (tertiary/aromatic N) is 2. The van der Waals surface area contributed by atoms with Gasteiger partial charge in [-0.15, -0.1) is 0 Å². The highest BCUT2D eigenvalue weighted by Crippen LogP contribution is 2.50. The first kappa shape index (κ1) is 39.9. The molecule has 0 N–H and O–H groups in total. The summed E-state index contributed by atoms with van der Waals surface area (Å²) in [6.45, 7) is 24.7. The molecule has 4 nitrogen and oxygen atoms in total. The molecule has 0 bridgehead atoms. The molecular weight excluding hydrogens is 755 g/mol. The summed E-state index contributed by atoms with van der Waals surface area (Å²) in [7, 11) is 2.20. The van der Waals surface area contributed by atoms with Gasteiger partial charge in [0.2, 0.25) is 0 Å². The van der Waals surface area contributed by atoms with Crippen LogP contribution >= 0.6 is 0 Å². The molecule has 0 radical (unpaired) electrons. The average molecular weight is 813 g/mol. The quantitative estimate of drug-likeness (QED) is 0.166. The first-order valence-electron chi connectivity index (χ1n) is 22.2. The van der Waals surface area contributed by atoms with Crippen LogP contribution in [-0.4, -0.2) is 11.3 Å². The maximum absolute atomic E-state index is 7.59. The summed E-state index contributed by atoms with van der Waals surface area (Å²) in [6.07, 6.45) is 0. The maximum Gasteiger partial charge on any atom is 0.260 e. The third-order valence-corrected chi connectivity index (χ3v) is 13.2. The highest BCUT2D eigenvalue weighted by Gasteiger charge is 2.44. The van der Waals surface area contributed by atoms with Crippen molar-refractivity contribution in [2.24, 2.45) is 7.05 Å². The van der Waals surface area contributed by atoms with Gasteiger partial charge in [0.25, 0.3) is 6.71 Å². The fourth-order valence-electron chi connectivity index (χ4n) is 9.88. The zero-order valence-electron chi connectivity index (χ0n) is 38.4. The number of hydrogen-bond donors (Lipinski definition) is 0. The van der Waals surface area contributed by atoms with Crippen molar-refractivity contribution in [1.82, 2.24) is 4.57 Å². The second-order valence-corrected chi connectivity index (χ2v) is 20.9. The lowest BCUT2D eigenvalue weighted by molar-refractivity contribution is 0.465. The van der Waals surface area contributed by atoms with Gasteiger partial charge in [-0.2, -0.15) is 0 Å². The lowest BCUT2D eigenvalue weighted by atomic mass is 9.34. The summed E-state index contributed by atoms with van der Waals surface area (Å²) in [5, 5.41) is 2.41. The van der Waals surface area contributed by atoms with Crippen molar-refractivity contribution in [2.45, 2.75) is 92.4 Å². The molecule has 5 heteroatoms. The molecule has 0 spiro atoms. The van der Waals surface area contributed by atoms with Crippen LogP contribution in [0.1, 0.15) is 90.1 Å². The first-order valence-corrected chi connectivity index (χ1v) is 22.2. The molecule has 8 aromatic rings. The SMILES string of the molecule is Cc1cc(C)cc(-c2cc3c4c(c2)Oc2c(cc5c6ccccc6n(C)c5c2N(c2ccc(C(C)(C)C)cc2)c2ccc(C(C)(C)C)cc2)B4c2cc(C(C)(C)C)ccc2O3)c1. The highest BCUT2D eigenvalue weighted by molar-refractivity contribution is 6.98. The van der Waals surface area contributed by atoms with Gasteiger partial charge in [0.15, 0.2) is 0 Å². The Hall–Kier alpha value is -6.20. The molecule has 62 heavy (non-hydrogen) atoms. The maximum atomic E-state index is 7.59. The smallest absolute Gasteiger partial charge is 0.260 e. The van der Waals surface area contributed by atoms with Gasteiger partial charge >= 0.3 is 0 Å². The Morgan fingerprint density at radius 3 is 1.61 bits per heavy atom. The van der Waals surface area contributed by atoms with E-state index in [9.17, 15) is 0 Å². The molecule has 0 aliphatic carbocycles. The number of fused-ring (bicyclic) bond motifs is 7. The molecule has 3 heterocycles. The van der Waals surface area contributed by atoms with Gasteiger partial charge in [-0.05, 0) is 117 Å². The lowest BCUT2D eigenvalue weighted by Gasteiger charge is -2.37. The van der Waals surface area contributed by atoms with Crippen LogP contribution in [-0.2, 0) is 23.3 Å². The molecule has 310 valence electrons. The van der Waals surface area contributed by atoms with Crippen molar-refractivity contribution in [3.05, 3.63) is 155 Å². The van der Waals surface area contributed by atoms with Crippen molar-refractivity contribution in [1.29, 1.82) is 0 Å². The van der Waals surface area contributed by atoms with Crippen LogP contribution in [0.15, 0.2) is 127 Å². The van der Waals surface area contributed by atoms with Gasteiger partial charge in [0.1, 0.15) is 28.7 Å². The van der Waals surface area contributed by atoms with Crippen LogP contribution in [0.3, 0.4) is 0 Å². The number of ether oxygens (including phenoxy) is 2. The van der Waals surface area contributed by atoms with Crippen molar-refractivity contribution < 1.29 is 9.47 Å². The summed E-state index contributed by atoms with van der Waals surface area (Å²) >= 11 is 0. The molecule has 7 aromatic carbocycles. The van der Waals surface area contributed by atoms with E-state index in [0.29, 0.717) is 0 Å². The zero-order valence-corrected chi connectivity index (χ0v) is 38.4. The second kappa shape index (κ2) is 13.9. The van der Waals surface area contributed by atoms with Crippen molar-refractivity contribution in [2.75, 3.05) is 4.90 Å². The van der Waals surface area contributed by atoms with Crippen LogP contribution in [0.2, 0.25) is 0 Å². The minimum Gasteiger partial charge on any atom is -0.458 e. The summed E-state index contributed by atoms with van der Waals surface area (Å²) in [5.74, 6) is 3.42. The fourth-order valence-corrected chi connectivity index (χ4v) is 9.88. The third kappa shape index (κ3) is 6.51. The minimum atomic E-state index is -0.140. The van der Waals surface area contributed by atoms with Crippen molar-refractivity contribution in [3.8, 4) is 34.1 Å². The summed E-state index contributed by atoms with van der Waals surface area (Å²) in [5.41, 5.74) is 17.3. The average Bonchev–Trinajstić information content (AvgIpc) is 3.50. The Bertz CT molecular complexity index is 3020. The Labute approximate surface area is 368 Å². The van der Waals surface area contributed by atoms with Gasteiger partial charge in [-0.25, -0.2) is 0 Å². The van der Waals surface area contributed by atoms with E-state index in [4.69, 9.17) is 9.47 Å². The topological polar surface area (TPSA) is 26.6 Å². The van der Waals surface area contributed by atoms with E-state index < -0.39 is 0 Å². The van der Waals surface area contributed by atoms with Crippen molar-refractivity contribution >= 4 is 62.0 Å². The monoisotopic (exact) mass is 812 g/mol. The molecule has 0 amide bonds. The van der Waals surface area contributed by atoms with Gasteiger partial charge in [-0.3, -0.25) is 0 Å². The number of rotatable bonds is 4. The Balaban J connectivity index is 1.33. The number of hydrogen-bond acceptors (Lipinski definition) is 3. The van der Waals surface area contributed by atoms with Gasteiger partial charge in [0.05, 0.1) is 5.52 Å². The Morgan fingerprint density at radius 2 is 1.03 bits per heavy atom. The molecule has 1 aromatic heterocycles. The first-order chi connectivity index (χ1) is 29.3. The summed E-state index contributed by atoms with van der Waals surface area (Å²) < 4.78 is 17.0. The van der Waals surface area contributed by atoms with Crippen LogP contribution < -0.4 is 30.8 Å². The third-order valence-electron chi connectivity index (χ3n) is 13.2. The van der Waals surface area contributed by atoms with E-state index in [2.05, 4.69) is 220 Å². The molecule has 2 aliphatic heterocycles. The molecule has 0 atom stereocenters. The summed E-state index contributed by atoms with van der Waals surface area (Å²) in [6, 6.07) is 47.6. The molecule has 0 saturated carbocycles. The number of para-hydroxylation sites is 1. The molecule has 0 fully saturated rings. The van der Waals surface area contributed by atoms with E-state index in [0.717, 1.165) is 73.1 Å². The van der Waals surface area contributed by atoms with Crippen LogP contribution in [0.4, 0.5) is 17.1 Å². The Kier molecular flexibility index (Phi) is 8.95. The van der Waals surface area contributed by atoms with Crippen LogP contribution in [0.25, 0.3) is 32.9 Å². The predicted octanol–water partition coefficient (Wildman–Crippen LogP) is 13.7. The number of benzene rings is 7. The van der Waals surface area contributed by atoms with Crippen LogP contribution in [0.5, 0.6) is 23.0 Å². The van der Waals surface area contributed by atoms with Crippen molar-refractivity contribution in [3.63, 3.8) is 0 Å². The number of aromatic nitrogens is 1. The van der Waals surface area contributed by atoms with Gasteiger partial charge in [-0.1, -0.05) is 152 Å². The number of anilines is 3. The van der Waals surface area contributed by atoms with E-state index in [1.165, 1.54) is 44.1 Å². The summed E-state index contributed by atoms with van der Waals surface area (Å²) in [4.78, 5) is 2.45. The second-order valence-electron chi connectivity index (χ2n) is 20.9. The van der Waals surface area contributed by atoms with Gasteiger partial charge in [0, 0.05) is 40.2 Å². The van der Waals surface area contributed by atoms with Gasteiger partial charge < -0.3 is 18.9 Å². The highest BCUT2D eigenvalue weighted by atomic mass is 16.5. The fraction of sp³-hybridized carbons (Fsp3) is 0.263. The van der Waals surface area contributed by atoms with E-state index in [-0.39, 0.29) is 23.0 Å². The molecular formula is C57H57BN2O2. The lowest BCUT2D eigenvalue weighted by Crippen LogP contribution is -2.57. The molecule has 10 rings (SSSR count). The normalized spacial score (nSPS) is 13.4. The Morgan fingerprint density at radius 1 is 0.500 bits per heavy atom. The standard InChI is InChI=1S/C57H57BN2O2/c1-34-27-35(2)29-36(28-34)37-30-49-51-50(31-37)62-54-46(58(51)45-32-40(57(9,10)11)21-26-48(45)61-49)33-44-43-15-13-14-16-47(43)59(12)52(44)53(54)60(41-22-17-38(18-23-41)55(3,4)5)42-24-19-39(20-25-42)56(6,7)8/h13-33H,1-12H3. The predicted molar refractivity (Wildman–Crippen MR) is 264 cm³/mol. The molecule has 0 unspecified atom stereocenters. The van der Waals surface area contributed by atoms with E-state index in [1.54, 1.807) is 0 Å². The largest absolute Gasteiger partial charge is 0.458 e. The van der Waals surface area contributed by atoms with Crippen LogP contribution in [0, 0.1) is 13.8 Å². The minimum absolute atomic E-state index is 0.00710. The number of aryl methyl sites for hydroxylation is 3.